The average molecular weight is 238 g/mol. The lowest BCUT2D eigenvalue weighted by Crippen LogP contribution is -2.15. The van der Waals surface area contributed by atoms with Crippen LogP contribution in [0.3, 0.4) is 0 Å². The zero-order chi connectivity index (χ0) is 12.5. The van der Waals surface area contributed by atoms with Crippen molar-refractivity contribution in [2.75, 3.05) is 0 Å². The van der Waals surface area contributed by atoms with Crippen molar-refractivity contribution < 1.29 is 18.7 Å². The molecule has 1 aliphatic rings. The summed E-state index contributed by atoms with van der Waals surface area (Å²) in [5.74, 6) is -4.34. The Kier molecular flexibility index (Phi) is 2.96. The van der Waals surface area contributed by atoms with Gasteiger partial charge in [-0.05, 0) is 24.5 Å². The van der Waals surface area contributed by atoms with Gasteiger partial charge in [-0.25, -0.2) is 13.6 Å². The van der Waals surface area contributed by atoms with E-state index in [-0.39, 0.29) is 5.56 Å². The van der Waals surface area contributed by atoms with Gasteiger partial charge in [-0.15, -0.1) is 0 Å². The van der Waals surface area contributed by atoms with Crippen molar-refractivity contribution in [1.29, 1.82) is 0 Å². The zero-order valence-corrected chi connectivity index (χ0v) is 9.07. The Balaban J connectivity index is 2.15. The largest absolute Gasteiger partial charge is 0.478 e. The van der Waals surface area contributed by atoms with Gasteiger partial charge in [0.25, 0.3) is 5.92 Å². The van der Waals surface area contributed by atoms with Crippen molar-refractivity contribution in [2.45, 2.75) is 18.8 Å². The van der Waals surface area contributed by atoms with Crippen LogP contribution in [0.5, 0.6) is 0 Å². The third-order valence-electron chi connectivity index (χ3n) is 2.80. The van der Waals surface area contributed by atoms with Gasteiger partial charge in [0.05, 0.1) is 0 Å². The second-order valence-corrected chi connectivity index (χ2v) is 4.19. The molecule has 1 aromatic rings. The van der Waals surface area contributed by atoms with E-state index in [1.54, 1.807) is 0 Å². The van der Waals surface area contributed by atoms with E-state index in [0.717, 1.165) is 6.08 Å². The molecule has 0 saturated heterocycles. The molecule has 90 valence electrons. The molecule has 0 unspecified atom stereocenters. The van der Waals surface area contributed by atoms with E-state index in [9.17, 15) is 13.6 Å². The number of hydrogen-bond donors (Lipinski definition) is 1. The van der Waals surface area contributed by atoms with Crippen LogP contribution in [0, 0.1) is 5.92 Å². The predicted molar refractivity (Wildman–Crippen MR) is 59.7 cm³/mol. The Morgan fingerprint density at radius 3 is 2.35 bits per heavy atom. The van der Waals surface area contributed by atoms with Crippen LogP contribution in [0.1, 0.15) is 24.0 Å². The maximum Gasteiger partial charge on any atom is 0.328 e. The molecule has 2 nitrogen and oxygen atoms in total. The van der Waals surface area contributed by atoms with Crippen LogP contribution in [-0.4, -0.2) is 11.1 Å². The first-order valence-corrected chi connectivity index (χ1v) is 5.39. The summed E-state index contributed by atoms with van der Waals surface area (Å²) in [6, 6.07) is 5.73. The first kappa shape index (κ1) is 11.8. The molecule has 2 rings (SSSR count). The number of benzene rings is 1. The molecule has 1 saturated carbocycles. The fraction of sp³-hybridized carbons (Fsp3) is 0.308. The number of hydrogen-bond acceptors (Lipinski definition) is 1. The van der Waals surface area contributed by atoms with Crippen LogP contribution in [-0.2, 0) is 10.7 Å². The lowest BCUT2D eigenvalue weighted by atomic mass is 10.0. The maximum atomic E-state index is 13.7. The highest BCUT2D eigenvalue weighted by molar-refractivity contribution is 5.85. The number of rotatable bonds is 4. The monoisotopic (exact) mass is 238 g/mol. The van der Waals surface area contributed by atoms with Crippen LogP contribution in [0.2, 0.25) is 0 Å². The molecule has 17 heavy (non-hydrogen) atoms. The lowest BCUT2D eigenvalue weighted by Gasteiger charge is -2.15. The third-order valence-corrected chi connectivity index (χ3v) is 2.80. The number of carbonyl (C=O) groups is 1. The first-order chi connectivity index (χ1) is 8.00. The Hall–Kier alpha value is -1.71. The highest BCUT2D eigenvalue weighted by Gasteiger charge is 2.47. The molecule has 1 aromatic carbocycles. The van der Waals surface area contributed by atoms with Crippen LogP contribution in [0.15, 0.2) is 30.3 Å². The molecule has 4 heteroatoms. The summed E-state index contributed by atoms with van der Waals surface area (Å²) in [5.41, 5.74) is 0.607. The normalized spacial score (nSPS) is 16.4. The molecule has 1 N–H and O–H groups in total. The van der Waals surface area contributed by atoms with E-state index in [1.807, 2.05) is 0 Å². The van der Waals surface area contributed by atoms with E-state index in [0.29, 0.717) is 18.4 Å². The van der Waals surface area contributed by atoms with E-state index in [2.05, 4.69) is 0 Å². The van der Waals surface area contributed by atoms with Crippen LogP contribution < -0.4 is 0 Å². The first-order valence-electron chi connectivity index (χ1n) is 5.39. The van der Waals surface area contributed by atoms with Gasteiger partial charge < -0.3 is 5.11 Å². The fourth-order valence-corrected chi connectivity index (χ4v) is 1.67. The summed E-state index contributed by atoms with van der Waals surface area (Å²) in [7, 11) is 0. The maximum absolute atomic E-state index is 13.7. The van der Waals surface area contributed by atoms with Gasteiger partial charge in [0.2, 0.25) is 0 Å². The number of aliphatic carboxylic acids is 1. The Morgan fingerprint density at radius 2 is 1.88 bits per heavy atom. The number of carboxylic acid groups (broad SMARTS) is 1. The van der Waals surface area contributed by atoms with Gasteiger partial charge >= 0.3 is 5.97 Å². The predicted octanol–water partition coefficient (Wildman–Crippen LogP) is 3.29. The third kappa shape index (κ3) is 2.70. The van der Waals surface area contributed by atoms with E-state index in [4.69, 9.17) is 5.11 Å². The van der Waals surface area contributed by atoms with Gasteiger partial charge in [0.1, 0.15) is 0 Å². The summed E-state index contributed by atoms with van der Waals surface area (Å²) in [6.07, 6.45) is 3.51. The molecule has 1 fully saturated rings. The Morgan fingerprint density at radius 1 is 1.29 bits per heavy atom. The summed E-state index contributed by atoms with van der Waals surface area (Å²) >= 11 is 0. The summed E-state index contributed by atoms with van der Waals surface area (Å²) in [4.78, 5) is 10.3. The van der Waals surface area contributed by atoms with Crippen molar-refractivity contribution in [2.24, 2.45) is 5.92 Å². The fourth-order valence-electron chi connectivity index (χ4n) is 1.67. The Labute approximate surface area is 97.6 Å². The van der Waals surface area contributed by atoms with Gasteiger partial charge in [-0.2, -0.15) is 0 Å². The van der Waals surface area contributed by atoms with Gasteiger partial charge in [0, 0.05) is 17.6 Å². The average Bonchev–Trinajstić information content (AvgIpc) is 3.11. The minimum Gasteiger partial charge on any atom is -0.478 e. The van der Waals surface area contributed by atoms with Crippen molar-refractivity contribution >= 4 is 12.0 Å². The van der Waals surface area contributed by atoms with E-state index < -0.39 is 17.8 Å². The highest BCUT2D eigenvalue weighted by atomic mass is 19.3. The molecule has 0 radical (unpaired) electrons. The summed E-state index contributed by atoms with van der Waals surface area (Å²) in [6.45, 7) is 0. The van der Waals surface area contributed by atoms with Gasteiger partial charge in [-0.3, -0.25) is 0 Å². The zero-order valence-electron chi connectivity index (χ0n) is 9.07. The van der Waals surface area contributed by atoms with Crippen molar-refractivity contribution in [1.82, 2.24) is 0 Å². The smallest absolute Gasteiger partial charge is 0.328 e. The molecule has 0 bridgehead atoms. The minimum absolute atomic E-state index is 0.00692. The SMILES string of the molecule is O=C(O)/C=C/c1ccc(C(F)(F)C2CC2)cc1. The van der Waals surface area contributed by atoms with Gasteiger partial charge in [0.15, 0.2) is 0 Å². The molecule has 0 aliphatic heterocycles. The molecular formula is C13H12F2O2. The molecule has 1 aliphatic carbocycles. The van der Waals surface area contributed by atoms with E-state index >= 15 is 0 Å². The van der Waals surface area contributed by atoms with Crippen LogP contribution in [0.25, 0.3) is 6.08 Å². The Bertz CT molecular complexity index is 445. The standard InChI is InChI=1S/C13H12F2O2/c14-13(15,11-6-7-11)10-4-1-9(2-5-10)3-8-12(16)17/h1-5,8,11H,6-7H2,(H,16,17)/b8-3+. The quantitative estimate of drug-likeness (QED) is 0.817. The topological polar surface area (TPSA) is 37.3 Å². The summed E-state index contributed by atoms with van der Waals surface area (Å²) in [5, 5.41) is 8.43. The highest BCUT2D eigenvalue weighted by Crippen LogP contribution is 2.49. The minimum atomic E-state index is -2.75. The molecule has 0 spiro atoms. The van der Waals surface area contributed by atoms with Crippen molar-refractivity contribution in [3.8, 4) is 0 Å². The molecule has 0 heterocycles. The van der Waals surface area contributed by atoms with Gasteiger partial charge in [-0.1, -0.05) is 24.3 Å². The number of carboxylic acids is 1. The van der Waals surface area contributed by atoms with Crippen LogP contribution in [0.4, 0.5) is 8.78 Å². The van der Waals surface area contributed by atoms with Crippen molar-refractivity contribution in [3.63, 3.8) is 0 Å². The molecular weight excluding hydrogens is 226 g/mol. The summed E-state index contributed by atoms with van der Waals surface area (Å²) < 4.78 is 27.3. The lowest BCUT2D eigenvalue weighted by molar-refractivity contribution is -0.131. The molecule has 0 aromatic heterocycles. The second-order valence-electron chi connectivity index (χ2n) is 4.19. The number of halogens is 2. The number of alkyl halides is 2. The molecule has 0 amide bonds. The van der Waals surface area contributed by atoms with Crippen molar-refractivity contribution in [3.05, 3.63) is 41.5 Å². The van der Waals surface area contributed by atoms with E-state index in [1.165, 1.54) is 30.3 Å². The molecule has 0 atom stereocenters. The van der Waals surface area contributed by atoms with Crippen LogP contribution >= 0.6 is 0 Å². The second kappa shape index (κ2) is 4.28.